The molecule has 1 rings (SSSR count). The lowest BCUT2D eigenvalue weighted by atomic mass is 9.94. The Morgan fingerprint density at radius 1 is 1.30 bits per heavy atom. The summed E-state index contributed by atoms with van der Waals surface area (Å²) in [7, 11) is 3.84. The molecule has 2 unspecified atom stereocenters. The maximum absolute atomic E-state index is 9.80. The van der Waals surface area contributed by atoms with Crippen molar-refractivity contribution in [2.45, 2.75) is 38.4 Å². The molecule has 5 nitrogen and oxygen atoms in total. The van der Waals surface area contributed by atoms with Crippen molar-refractivity contribution in [3.05, 3.63) is 0 Å². The highest BCUT2D eigenvalue weighted by Gasteiger charge is 2.16. The first-order valence-electron chi connectivity index (χ1n) is 7.79. The van der Waals surface area contributed by atoms with E-state index in [-0.39, 0.29) is 6.10 Å². The van der Waals surface area contributed by atoms with Crippen LogP contribution in [-0.2, 0) is 9.47 Å². The maximum Gasteiger partial charge on any atom is 0.0897 e. The van der Waals surface area contributed by atoms with E-state index in [1.165, 1.54) is 32.4 Å². The van der Waals surface area contributed by atoms with Crippen LogP contribution in [0.1, 0.15) is 26.2 Å². The van der Waals surface area contributed by atoms with E-state index in [4.69, 9.17) is 9.47 Å². The van der Waals surface area contributed by atoms with E-state index in [1.54, 1.807) is 7.11 Å². The van der Waals surface area contributed by atoms with Crippen LogP contribution in [0.15, 0.2) is 0 Å². The Morgan fingerprint density at radius 2 is 2.00 bits per heavy atom. The molecule has 2 atom stereocenters. The molecule has 0 amide bonds. The third kappa shape index (κ3) is 8.17. The van der Waals surface area contributed by atoms with Crippen molar-refractivity contribution >= 4 is 0 Å². The molecule has 1 saturated heterocycles. The number of hydrogen-bond acceptors (Lipinski definition) is 5. The molecular weight excluding hydrogens is 256 g/mol. The maximum atomic E-state index is 9.80. The lowest BCUT2D eigenvalue weighted by Gasteiger charge is -2.29. The predicted octanol–water partition coefficient (Wildman–Crippen LogP) is 0.720. The second kappa shape index (κ2) is 10.5. The summed E-state index contributed by atoms with van der Waals surface area (Å²) in [5.41, 5.74) is 0. The van der Waals surface area contributed by atoms with Gasteiger partial charge in [-0.05, 0) is 58.8 Å². The minimum Gasteiger partial charge on any atom is -0.389 e. The molecule has 0 aromatic rings. The number of methoxy groups -OCH3 is 1. The SMILES string of the molecule is COCC(C)OCC(O)CNCCC1CCN(C)CC1. The van der Waals surface area contributed by atoms with Crippen molar-refractivity contribution in [2.24, 2.45) is 5.92 Å². The normalized spacial score (nSPS) is 21.0. The van der Waals surface area contributed by atoms with E-state index in [9.17, 15) is 5.11 Å². The minimum atomic E-state index is -0.438. The molecule has 0 aromatic heterocycles. The molecule has 1 aliphatic heterocycles. The fourth-order valence-electron chi connectivity index (χ4n) is 2.54. The Kier molecular flexibility index (Phi) is 9.39. The van der Waals surface area contributed by atoms with Gasteiger partial charge < -0.3 is 24.8 Å². The third-order valence-corrected chi connectivity index (χ3v) is 3.92. The smallest absolute Gasteiger partial charge is 0.0897 e. The van der Waals surface area contributed by atoms with Gasteiger partial charge in [-0.3, -0.25) is 0 Å². The van der Waals surface area contributed by atoms with Crippen LogP contribution in [0.3, 0.4) is 0 Å². The Hall–Kier alpha value is -0.200. The van der Waals surface area contributed by atoms with Crippen molar-refractivity contribution in [1.29, 1.82) is 0 Å². The highest BCUT2D eigenvalue weighted by atomic mass is 16.5. The molecule has 20 heavy (non-hydrogen) atoms. The van der Waals surface area contributed by atoms with Crippen molar-refractivity contribution < 1.29 is 14.6 Å². The molecule has 0 radical (unpaired) electrons. The van der Waals surface area contributed by atoms with Crippen LogP contribution in [0, 0.1) is 5.92 Å². The number of likely N-dealkylation sites (tertiary alicyclic amines) is 1. The van der Waals surface area contributed by atoms with Gasteiger partial charge >= 0.3 is 0 Å². The number of piperidine rings is 1. The molecule has 1 fully saturated rings. The Balaban J connectivity index is 1.95. The second-order valence-electron chi connectivity index (χ2n) is 5.99. The molecule has 0 spiro atoms. The Morgan fingerprint density at radius 3 is 2.65 bits per heavy atom. The molecule has 0 aromatic carbocycles. The average Bonchev–Trinajstić information content (AvgIpc) is 2.43. The highest BCUT2D eigenvalue weighted by Crippen LogP contribution is 2.18. The van der Waals surface area contributed by atoms with Crippen molar-refractivity contribution in [3.8, 4) is 0 Å². The number of nitrogens with one attached hydrogen (secondary N) is 1. The van der Waals surface area contributed by atoms with Crippen molar-refractivity contribution in [3.63, 3.8) is 0 Å². The molecule has 1 heterocycles. The van der Waals surface area contributed by atoms with Gasteiger partial charge in [-0.15, -0.1) is 0 Å². The molecule has 0 saturated carbocycles. The first-order chi connectivity index (χ1) is 9.61. The van der Waals surface area contributed by atoms with E-state index in [2.05, 4.69) is 17.3 Å². The Bertz CT molecular complexity index is 233. The predicted molar refractivity (Wildman–Crippen MR) is 81.0 cm³/mol. The van der Waals surface area contributed by atoms with E-state index >= 15 is 0 Å². The summed E-state index contributed by atoms with van der Waals surface area (Å²) >= 11 is 0. The van der Waals surface area contributed by atoms with Crippen LogP contribution in [0.4, 0.5) is 0 Å². The zero-order chi connectivity index (χ0) is 14.8. The topological polar surface area (TPSA) is 54.0 Å². The van der Waals surface area contributed by atoms with Crippen LogP contribution in [0.25, 0.3) is 0 Å². The number of rotatable bonds is 10. The number of ether oxygens (including phenoxy) is 2. The van der Waals surface area contributed by atoms with Crippen molar-refractivity contribution in [1.82, 2.24) is 10.2 Å². The average molecular weight is 288 g/mol. The largest absolute Gasteiger partial charge is 0.389 e. The van der Waals surface area contributed by atoms with Gasteiger partial charge in [0, 0.05) is 13.7 Å². The molecule has 1 aliphatic rings. The summed E-state index contributed by atoms with van der Waals surface area (Å²) < 4.78 is 10.5. The fourth-order valence-corrected chi connectivity index (χ4v) is 2.54. The van der Waals surface area contributed by atoms with Crippen LogP contribution in [0.5, 0.6) is 0 Å². The van der Waals surface area contributed by atoms with Crippen LogP contribution >= 0.6 is 0 Å². The molecule has 120 valence electrons. The standard InChI is InChI=1S/C15H32N2O3/c1-13(11-19-3)20-12-15(18)10-16-7-4-14-5-8-17(2)9-6-14/h13-16,18H,4-12H2,1-3H3. The summed E-state index contributed by atoms with van der Waals surface area (Å²) in [6, 6.07) is 0. The number of aliphatic hydroxyl groups is 1. The van der Waals surface area contributed by atoms with Gasteiger partial charge in [0.05, 0.1) is 25.4 Å². The molecule has 0 bridgehead atoms. The second-order valence-corrected chi connectivity index (χ2v) is 5.99. The first-order valence-corrected chi connectivity index (χ1v) is 7.79. The van der Waals surface area contributed by atoms with E-state index in [0.29, 0.717) is 19.8 Å². The van der Waals surface area contributed by atoms with Crippen LogP contribution in [0.2, 0.25) is 0 Å². The van der Waals surface area contributed by atoms with Gasteiger partial charge in [0.25, 0.3) is 0 Å². The lowest BCUT2D eigenvalue weighted by Crippen LogP contribution is -2.35. The zero-order valence-electron chi connectivity index (χ0n) is 13.3. The number of aliphatic hydroxyl groups excluding tert-OH is 1. The van der Waals surface area contributed by atoms with Crippen molar-refractivity contribution in [2.75, 3.05) is 53.6 Å². The zero-order valence-corrected chi connectivity index (χ0v) is 13.3. The third-order valence-electron chi connectivity index (χ3n) is 3.92. The Labute approximate surface area is 123 Å². The first kappa shape index (κ1) is 17.9. The summed E-state index contributed by atoms with van der Waals surface area (Å²) in [5.74, 6) is 0.841. The van der Waals surface area contributed by atoms with Gasteiger partial charge in [-0.1, -0.05) is 0 Å². The van der Waals surface area contributed by atoms with E-state index in [1.807, 2.05) is 6.92 Å². The van der Waals surface area contributed by atoms with Gasteiger partial charge in [-0.25, -0.2) is 0 Å². The summed E-state index contributed by atoms with van der Waals surface area (Å²) in [4.78, 5) is 2.40. The molecule has 2 N–H and O–H groups in total. The van der Waals surface area contributed by atoms with E-state index in [0.717, 1.165) is 12.5 Å². The van der Waals surface area contributed by atoms with Gasteiger partial charge in [-0.2, -0.15) is 0 Å². The lowest BCUT2D eigenvalue weighted by molar-refractivity contribution is -0.0310. The van der Waals surface area contributed by atoms with Gasteiger partial charge in [0.1, 0.15) is 0 Å². The molecular formula is C15H32N2O3. The molecule has 5 heteroatoms. The number of nitrogens with zero attached hydrogens (tertiary/aromatic N) is 1. The number of hydrogen-bond donors (Lipinski definition) is 2. The minimum absolute atomic E-state index is 0.0360. The summed E-state index contributed by atoms with van der Waals surface area (Å²) in [5, 5.41) is 13.1. The summed E-state index contributed by atoms with van der Waals surface area (Å²) in [6.07, 6.45) is 3.42. The quantitative estimate of drug-likeness (QED) is 0.580. The molecule has 0 aliphatic carbocycles. The van der Waals surface area contributed by atoms with Gasteiger partial charge in [0.15, 0.2) is 0 Å². The fraction of sp³-hybridized carbons (Fsp3) is 1.00. The highest BCUT2D eigenvalue weighted by molar-refractivity contribution is 4.71. The van der Waals surface area contributed by atoms with Crippen LogP contribution in [-0.4, -0.2) is 75.8 Å². The summed E-state index contributed by atoms with van der Waals surface area (Å²) in [6.45, 7) is 6.91. The van der Waals surface area contributed by atoms with E-state index < -0.39 is 6.10 Å². The monoisotopic (exact) mass is 288 g/mol. The van der Waals surface area contributed by atoms with Crippen LogP contribution < -0.4 is 5.32 Å². The van der Waals surface area contributed by atoms with Gasteiger partial charge in [0.2, 0.25) is 0 Å².